The van der Waals surface area contributed by atoms with Gasteiger partial charge in [-0.3, -0.25) is 9.59 Å². The molecule has 1 aromatic carbocycles. The van der Waals surface area contributed by atoms with Crippen LogP contribution < -0.4 is 10.6 Å². The minimum absolute atomic E-state index is 0.306. The normalized spacial score (nSPS) is 14.5. The summed E-state index contributed by atoms with van der Waals surface area (Å²) in [6.07, 6.45) is 0. The predicted octanol–water partition coefficient (Wildman–Crippen LogP) is 0.691. The molecular formula is C13H13BrN4O2. The van der Waals surface area contributed by atoms with Gasteiger partial charge in [0.15, 0.2) is 0 Å². The van der Waals surface area contributed by atoms with Gasteiger partial charge in [-0.2, -0.15) is 5.26 Å². The lowest BCUT2D eigenvalue weighted by Gasteiger charge is -2.26. The lowest BCUT2D eigenvalue weighted by molar-refractivity contribution is -0.143. The van der Waals surface area contributed by atoms with Gasteiger partial charge in [0.1, 0.15) is 6.07 Å². The van der Waals surface area contributed by atoms with Gasteiger partial charge in [0.2, 0.25) is 0 Å². The number of anilines is 1. The Hall–Kier alpha value is -1.91. The third kappa shape index (κ3) is 3.35. The van der Waals surface area contributed by atoms with E-state index in [1.54, 1.807) is 18.2 Å². The van der Waals surface area contributed by atoms with E-state index in [0.717, 1.165) is 4.47 Å². The summed E-state index contributed by atoms with van der Waals surface area (Å²) in [7, 11) is 0. The molecular weight excluding hydrogens is 324 g/mol. The number of hydrogen-bond acceptors (Lipinski definition) is 4. The van der Waals surface area contributed by atoms with Gasteiger partial charge in [-0.15, -0.1) is 0 Å². The summed E-state index contributed by atoms with van der Waals surface area (Å²) in [4.78, 5) is 25.4. The highest BCUT2D eigenvalue weighted by Crippen LogP contribution is 2.20. The quantitative estimate of drug-likeness (QED) is 0.739. The highest BCUT2D eigenvalue weighted by molar-refractivity contribution is 9.10. The molecule has 0 bridgehead atoms. The van der Waals surface area contributed by atoms with Crippen molar-refractivity contribution in [2.45, 2.75) is 0 Å². The van der Waals surface area contributed by atoms with Gasteiger partial charge in [-0.05, 0) is 18.2 Å². The molecule has 1 saturated heterocycles. The fraction of sp³-hybridized carbons (Fsp3) is 0.308. The smallest absolute Gasteiger partial charge is 0.313 e. The third-order valence-corrected chi connectivity index (χ3v) is 3.44. The Balaban J connectivity index is 2.08. The van der Waals surface area contributed by atoms with Crippen molar-refractivity contribution in [3.05, 3.63) is 28.2 Å². The van der Waals surface area contributed by atoms with Crippen LogP contribution >= 0.6 is 15.9 Å². The molecule has 20 heavy (non-hydrogen) atoms. The highest BCUT2D eigenvalue weighted by Gasteiger charge is 2.23. The van der Waals surface area contributed by atoms with Crippen LogP contribution in [0.5, 0.6) is 0 Å². The third-order valence-electron chi connectivity index (χ3n) is 2.95. The molecule has 0 saturated carbocycles. The van der Waals surface area contributed by atoms with Crippen LogP contribution in [0.4, 0.5) is 5.69 Å². The fourth-order valence-corrected chi connectivity index (χ4v) is 2.27. The molecule has 1 aliphatic rings. The molecule has 1 heterocycles. The Bertz CT molecular complexity index is 576. The van der Waals surface area contributed by atoms with Crippen molar-refractivity contribution in [3.63, 3.8) is 0 Å². The minimum Gasteiger partial charge on any atom is -0.332 e. The molecule has 0 atom stereocenters. The monoisotopic (exact) mass is 336 g/mol. The van der Waals surface area contributed by atoms with Crippen LogP contribution in [0, 0.1) is 11.3 Å². The maximum absolute atomic E-state index is 12.0. The van der Waals surface area contributed by atoms with Crippen molar-refractivity contribution in [2.75, 3.05) is 31.5 Å². The van der Waals surface area contributed by atoms with E-state index in [4.69, 9.17) is 5.26 Å². The van der Waals surface area contributed by atoms with Gasteiger partial charge in [0, 0.05) is 30.7 Å². The SMILES string of the molecule is N#Cc1cc(Br)ccc1NC(=O)C(=O)N1CCNCC1. The van der Waals surface area contributed by atoms with Crippen LogP contribution in [-0.2, 0) is 9.59 Å². The van der Waals surface area contributed by atoms with E-state index in [9.17, 15) is 9.59 Å². The van der Waals surface area contributed by atoms with Crippen molar-refractivity contribution in [1.29, 1.82) is 5.26 Å². The topological polar surface area (TPSA) is 85.2 Å². The summed E-state index contributed by atoms with van der Waals surface area (Å²) >= 11 is 3.25. The van der Waals surface area contributed by atoms with Gasteiger partial charge in [0.05, 0.1) is 11.3 Å². The molecule has 2 N–H and O–H groups in total. The molecule has 0 radical (unpaired) electrons. The summed E-state index contributed by atoms with van der Waals surface area (Å²) in [5, 5.41) is 14.6. The molecule has 1 fully saturated rings. The number of nitriles is 1. The van der Waals surface area contributed by atoms with E-state index in [1.807, 2.05) is 6.07 Å². The van der Waals surface area contributed by atoms with Crippen LogP contribution in [0.15, 0.2) is 22.7 Å². The number of amides is 2. The zero-order valence-corrected chi connectivity index (χ0v) is 12.2. The number of rotatable bonds is 1. The van der Waals surface area contributed by atoms with E-state index in [0.29, 0.717) is 37.4 Å². The van der Waals surface area contributed by atoms with Gasteiger partial charge >= 0.3 is 11.8 Å². The van der Waals surface area contributed by atoms with Gasteiger partial charge in [0.25, 0.3) is 0 Å². The second kappa shape index (κ2) is 6.50. The van der Waals surface area contributed by atoms with E-state index in [2.05, 4.69) is 26.6 Å². The Morgan fingerprint density at radius 2 is 2.05 bits per heavy atom. The molecule has 0 unspecified atom stereocenters. The number of nitrogens with one attached hydrogen (secondary N) is 2. The maximum Gasteiger partial charge on any atom is 0.313 e. The number of nitrogens with zero attached hydrogens (tertiary/aromatic N) is 2. The summed E-state index contributed by atoms with van der Waals surface area (Å²) in [6, 6.07) is 6.86. The van der Waals surface area contributed by atoms with Crippen molar-refractivity contribution in [1.82, 2.24) is 10.2 Å². The lowest BCUT2D eigenvalue weighted by atomic mass is 10.2. The first-order valence-corrected chi connectivity index (χ1v) is 6.92. The first kappa shape index (κ1) is 14.5. The zero-order chi connectivity index (χ0) is 14.5. The van der Waals surface area contributed by atoms with Gasteiger partial charge < -0.3 is 15.5 Å². The maximum atomic E-state index is 12.0. The zero-order valence-electron chi connectivity index (χ0n) is 10.6. The van der Waals surface area contributed by atoms with Crippen LogP contribution in [0.25, 0.3) is 0 Å². The molecule has 0 aliphatic carbocycles. The van der Waals surface area contributed by atoms with Crippen LogP contribution in [0.2, 0.25) is 0 Å². The number of carbonyl (C=O) groups is 2. The van der Waals surface area contributed by atoms with Crippen molar-refractivity contribution in [3.8, 4) is 6.07 Å². The van der Waals surface area contributed by atoms with Crippen molar-refractivity contribution < 1.29 is 9.59 Å². The number of halogens is 1. The molecule has 2 amide bonds. The summed E-state index contributed by atoms with van der Waals surface area (Å²) < 4.78 is 0.737. The Labute approximate surface area is 124 Å². The summed E-state index contributed by atoms with van der Waals surface area (Å²) in [6.45, 7) is 2.39. The van der Waals surface area contributed by atoms with Crippen LogP contribution in [0.1, 0.15) is 5.56 Å². The van der Waals surface area contributed by atoms with E-state index < -0.39 is 11.8 Å². The number of benzene rings is 1. The largest absolute Gasteiger partial charge is 0.332 e. The minimum atomic E-state index is -0.717. The predicted molar refractivity (Wildman–Crippen MR) is 76.9 cm³/mol. The molecule has 6 nitrogen and oxygen atoms in total. The molecule has 104 valence electrons. The Kier molecular flexibility index (Phi) is 4.71. The van der Waals surface area contributed by atoms with Crippen LogP contribution in [0.3, 0.4) is 0 Å². The lowest BCUT2D eigenvalue weighted by Crippen LogP contribution is -2.49. The first-order chi connectivity index (χ1) is 9.61. The molecule has 1 aliphatic heterocycles. The number of piperazine rings is 1. The number of carbonyl (C=O) groups excluding carboxylic acids is 2. The Morgan fingerprint density at radius 1 is 1.35 bits per heavy atom. The average Bonchev–Trinajstić information content (AvgIpc) is 2.49. The summed E-state index contributed by atoms with van der Waals surface area (Å²) in [5.41, 5.74) is 0.644. The molecule has 0 spiro atoms. The van der Waals surface area contributed by atoms with E-state index in [-0.39, 0.29) is 0 Å². The van der Waals surface area contributed by atoms with Crippen molar-refractivity contribution in [2.24, 2.45) is 0 Å². The van der Waals surface area contributed by atoms with E-state index in [1.165, 1.54) is 4.90 Å². The molecule has 0 aromatic heterocycles. The highest BCUT2D eigenvalue weighted by atomic mass is 79.9. The van der Waals surface area contributed by atoms with Crippen molar-refractivity contribution >= 4 is 33.4 Å². The second-order valence-corrected chi connectivity index (χ2v) is 5.21. The molecule has 2 rings (SSSR count). The molecule has 1 aromatic rings. The first-order valence-electron chi connectivity index (χ1n) is 6.12. The summed E-state index contributed by atoms with van der Waals surface area (Å²) in [5.74, 6) is -1.29. The van der Waals surface area contributed by atoms with Gasteiger partial charge in [-0.25, -0.2) is 0 Å². The second-order valence-electron chi connectivity index (χ2n) is 4.30. The Morgan fingerprint density at radius 3 is 2.70 bits per heavy atom. The standard InChI is InChI=1S/C13H13BrN4O2/c14-10-1-2-11(9(7-10)8-15)17-12(19)13(20)18-5-3-16-4-6-18/h1-2,7,16H,3-6H2,(H,17,19). The van der Waals surface area contributed by atoms with E-state index >= 15 is 0 Å². The molecule has 7 heteroatoms. The fourth-order valence-electron chi connectivity index (χ4n) is 1.91. The van der Waals surface area contributed by atoms with Gasteiger partial charge in [-0.1, -0.05) is 15.9 Å². The number of hydrogen-bond donors (Lipinski definition) is 2. The van der Waals surface area contributed by atoms with Crippen LogP contribution in [-0.4, -0.2) is 42.9 Å². The average molecular weight is 337 g/mol.